The summed E-state index contributed by atoms with van der Waals surface area (Å²) in [6.07, 6.45) is 6.63. The van der Waals surface area contributed by atoms with Crippen LogP contribution >= 0.6 is 0 Å². The van der Waals surface area contributed by atoms with Crippen LogP contribution < -0.4 is 14.2 Å². The van der Waals surface area contributed by atoms with Crippen LogP contribution in [0, 0.1) is 0 Å². The van der Waals surface area contributed by atoms with Crippen molar-refractivity contribution in [1.82, 2.24) is 0 Å². The topological polar surface area (TPSA) is 121 Å². The molecule has 2 rings (SSSR count). The molecule has 2 N–H and O–H groups in total. The van der Waals surface area contributed by atoms with Crippen molar-refractivity contribution < 1.29 is 43.5 Å². The minimum absolute atomic E-state index is 0.000621. The molecule has 2 aromatic carbocycles. The molecule has 2 aromatic rings. The fourth-order valence-corrected chi connectivity index (χ4v) is 3.66. The van der Waals surface area contributed by atoms with Crippen molar-refractivity contribution in [2.75, 3.05) is 39.6 Å². The molecule has 0 heterocycles. The third kappa shape index (κ3) is 12.9. The molecule has 41 heavy (non-hydrogen) atoms. The normalized spacial score (nSPS) is 10.5. The second kappa shape index (κ2) is 19.3. The summed E-state index contributed by atoms with van der Waals surface area (Å²) in [6, 6.07) is 13.1. The summed E-state index contributed by atoms with van der Waals surface area (Å²) in [5.41, 5.74) is 2.01. The highest BCUT2D eigenvalue weighted by molar-refractivity contribution is 5.88. The molecule has 0 aliphatic rings. The monoisotopic (exact) mass is 570 g/mol. The SMILES string of the molecule is C=C(CO)C(=O)OCCOc1ccc(COc2ccc(OCCOC(=O)C(=C)CO)cc2CCCCCCC)cc1. The lowest BCUT2D eigenvalue weighted by molar-refractivity contribution is -0.141. The third-order valence-electron chi connectivity index (χ3n) is 6.03. The van der Waals surface area contributed by atoms with Crippen LogP contribution in [-0.4, -0.2) is 61.8 Å². The molecule has 0 atom stereocenters. The number of carbonyl (C=O) groups excluding carboxylic acids is 2. The van der Waals surface area contributed by atoms with Crippen molar-refractivity contribution >= 4 is 11.9 Å². The Morgan fingerprint density at radius 3 is 1.85 bits per heavy atom. The maximum atomic E-state index is 11.6. The van der Waals surface area contributed by atoms with Crippen molar-refractivity contribution in [2.24, 2.45) is 0 Å². The minimum Gasteiger partial charge on any atom is -0.490 e. The average molecular weight is 571 g/mol. The highest BCUT2D eigenvalue weighted by Crippen LogP contribution is 2.27. The number of benzene rings is 2. The van der Waals surface area contributed by atoms with Crippen molar-refractivity contribution in [1.29, 1.82) is 0 Å². The zero-order chi connectivity index (χ0) is 29.9. The predicted octanol–water partition coefficient (Wildman–Crippen LogP) is 4.72. The highest BCUT2D eigenvalue weighted by Gasteiger charge is 2.10. The van der Waals surface area contributed by atoms with Crippen LogP contribution in [0.2, 0.25) is 0 Å². The molecule has 0 amide bonds. The lowest BCUT2D eigenvalue weighted by Gasteiger charge is -2.15. The molecule has 0 unspecified atom stereocenters. The van der Waals surface area contributed by atoms with Gasteiger partial charge in [0.1, 0.15) is 50.3 Å². The lowest BCUT2D eigenvalue weighted by Crippen LogP contribution is -2.15. The van der Waals surface area contributed by atoms with E-state index in [4.69, 9.17) is 33.9 Å². The quantitative estimate of drug-likeness (QED) is 0.125. The molecule has 0 aromatic heterocycles. The van der Waals surface area contributed by atoms with Gasteiger partial charge < -0.3 is 33.9 Å². The van der Waals surface area contributed by atoms with Crippen LogP contribution in [-0.2, 0) is 32.1 Å². The van der Waals surface area contributed by atoms with Crippen LogP contribution in [0.15, 0.2) is 66.8 Å². The van der Waals surface area contributed by atoms with Gasteiger partial charge in [0.25, 0.3) is 0 Å². The van der Waals surface area contributed by atoms with E-state index in [0.29, 0.717) is 18.1 Å². The fraction of sp³-hybridized carbons (Fsp3) is 0.438. The van der Waals surface area contributed by atoms with Gasteiger partial charge in [-0.1, -0.05) is 57.9 Å². The second-order valence-corrected chi connectivity index (χ2v) is 9.36. The van der Waals surface area contributed by atoms with Crippen LogP contribution in [0.5, 0.6) is 17.2 Å². The first-order valence-corrected chi connectivity index (χ1v) is 13.9. The summed E-state index contributed by atoms with van der Waals surface area (Å²) in [5, 5.41) is 17.8. The minimum atomic E-state index is -0.644. The van der Waals surface area contributed by atoms with Gasteiger partial charge in [0, 0.05) is 0 Å². The van der Waals surface area contributed by atoms with Crippen LogP contribution in [0.4, 0.5) is 0 Å². The molecule has 0 fully saturated rings. The largest absolute Gasteiger partial charge is 0.490 e. The molecule has 0 radical (unpaired) electrons. The van der Waals surface area contributed by atoms with E-state index in [1.54, 1.807) is 0 Å². The Morgan fingerprint density at radius 1 is 0.707 bits per heavy atom. The van der Waals surface area contributed by atoms with Crippen LogP contribution in [0.1, 0.15) is 50.2 Å². The second-order valence-electron chi connectivity index (χ2n) is 9.36. The van der Waals surface area contributed by atoms with Gasteiger partial charge in [-0.05, 0) is 54.3 Å². The fourth-order valence-electron chi connectivity index (χ4n) is 3.66. The van der Waals surface area contributed by atoms with Gasteiger partial charge in [-0.15, -0.1) is 0 Å². The molecule has 224 valence electrons. The Morgan fingerprint density at radius 2 is 1.27 bits per heavy atom. The van der Waals surface area contributed by atoms with Gasteiger partial charge >= 0.3 is 11.9 Å². The average Bonchev–Trinajstić information content (AvgIpc) is 3.00. The smallest absolute Gasteiger partial charge is 0.335 e. The van der Waals surface area contributed by atoms with Gasteiger partial charge in [-0.25, -0.2) is 9.59 Å². The highest BCUT2D eigenvalue weighted by atomic mass is 16.6. The maximum absolute atomic E-state index is 11.6. The zero-order valence-corrected chi connectivity index (χ0v) is 23.9. The Bertz CT molecular complexity index is 1110. The summed E-state index contributed by atoms with van der Waals surface area (Å²) < 4.78 is 27.5. The van der Waals surface area contributed by atoms with Gasteiger partial charge in [0.2, 0.25) is 0 Å². The van der Waals surface area contributed by atoms with Gasteiger partial charge in [-0.2, -0.15) is 0 Å². The molecule has 0 saturated carbocycles. The number of unbranched alkanes of at least 4 members (excludes halogenated alkanes) is 4. The summed E-state index contributed by atoms with van der Waals surface area (Å²) in [6.45, 7) is 8.99. The summed E-state index contributed by atoms with van der Waals surface area (Å²) in [4.78, 5) is 23.1. The molecule has 0 aliphatic heterocycles. The summed E-state index contributed by atoms with van der Waals surface area (Å²) in [5.74, 6) is 0.788. The molecule has 0 saturated heterocycles. The standard InChI is InChI=1S/C32H42O9/c1-4-5-6-7-8-9-27-20-29(38-17-19-40-32(36)25(3)22-34)14-15-30(27)41-23-26-10-12-28(13-11-26)37-16-18-39-31(35)24(2)21-33/h10-15,20,33-34H,2-9,16-19,21-23H2,1H3. The van der Waals surface area contributed by atoms with Crippen LogP contribution in [0.3, 0.4) is 0 Å². The number of esters is 2. The van der Waals surface area contributed by atoms with E-state index in [0.717, 1.165) is 36.1 Å². The first-order chi connectivity index (χ1) is 19.9. The number of aliphatic hydroxyl groups excluding tert-OH is 2. The van der Waals surface area contributed by atoms with Gasteiger partial charge in [0.05, 0.1) is 24.4 Å². The number of aryl methyl sites for hydroxylation is 1. The molecule has 0 aliphatic carbocycles. The summed E-state index contributed by atoms with van der Waals surface area (Å²) in [7, 11) is 0. The molecule has 0 bridgehead atoms. The lowest BCUT2D eigenvalue weighted by atomic mass is 10.0. The molecular formula is C32H42O9. The molecule has 9 nitrogen and oxygen atoms in total. The number of ether oxygens (including phenoxy) is 5. The van der Waals surface area contributed by atoms with Crippen molar-refractivity contribution in [3.63, 3.8) is 0 Å². The van der Waals surface area contributed by atoms with Crippen LogP contribution in [0.25, 0.3) is 0 Å². The van der Waals surface area contributed by atoms with Gasteiger partial charge in [-0.3, -0.25) is 0 Å². The zero-order valence-electron chi connectivity index (χ0n) is 23.9. The van der Waals surface area contributed by atoms with Crippen molar-refractivity contribution in [3.8, 4) is 17.2 Å². The van der Waals surface area contributed by atoms with E-state index in [1.165, 1.54) is 19.3 Å². The molecule has 9 heteroatoms. The number of carbonyl (C=O) groups is 2. The number of aliphatic hydroxyl groups is 2. The van der Waals surface area contributed by atoms with E-state index < -0.39 is 25.2 Å². The van der Waals surface area contributed by atoms with E-state index in [-0.39, 0.29) is 37.6 Å². The van der Waals surface area contributed by atoms with Crippen molar-refractivity contribution in [2.45, 2.75) is 52.1 Å². The molecular weight excluding hydrogens is 528 g/mol. The molecule has 0 spiro atoms. The van der Waals surface area contributed by atoms with E-state index in [1.807, 2.05) is 42.5 Å². The Kier molecular flexibility index (Phi) is 15.7. The predicted molar refractivity (Wildman–Crippen MR) is 155 cm³/mol. The van der Waals surface area contributed by atoms with E-state index in [2.05, 4.69) is 20.1 Å². The first-order valence-electron chi connectivity index (χ1n) is 13.9. The maximum Gasteiger partial charge on any atom is 0.335 e. The van der Waals surface area contributed by atoms with E-state index in [9.17, 15) is 9.59 Å². The summed E-state index contributed by atoms with van der Waals surface area (Å²) >= 11 is 0. The number of hydrogen-bond acceptors (Lipinski definition) is 9. The Balaban J connectivity index is 1.90. The third-order valence-corrected chi connectivity index (χ3v) is 6.03. The Labute approximate surface area is 242 Å². The Hall–Kier alpha value is -3.82. The number of rotatable bonds is 21. The van der Waals surface area contributed by atoms with E-state index >= 15 is 0 Å². The van der Waals surface area contributed by atoms with Gasteiger partial charge in [0.15, 0.2) is 0 Å². The van der Waals surface area contributed by atoms with Crippen molar-refractivity contribution in [3.05, 3.63) is 77.9 Å². The first kappa shape index (κ1) is 33.4. The number of hydrogen-bond donors (Lipinski definition) is 2.